The quantitative estimate of drug-likeness (QED) is 0.734. The third-order valence-corrected chi connectivity index (χ3v) is 3.45. The Morgan fingerprint density at radius 2 is 1.94 bits per heavy atom. The second-order valence-electron chi connectivity index (χ2n) is 4.58. The van der Waals surface area contributed by atoms with Crippen LogP contribution in [0.15, 0.2) is 35.6 Å². The van der Waals surface area contributed by atoms with E-state index < -0.39 is 0 Å². The van der Waals surface area contributed by atoms with Crippen molar-refractivity contribution in [1.82, 2.24) is 5.32 Å². The molecule has 94 valence electrons. The summed E-state index contributed by atoms with van der Waals surface area (Å²) in [4.78, 5) is 12.0. The highest BCUT2D eigenvalue weighted by molar-refractivity contribution is 5.95. The number of carbonyl (C=O) groups excluding carboxylic acids is 1. The number of hydrogen-bond donors (Lipinski definition) is 1. The molecule has 1 aliphatic heterocycles. The van der Waals surface area contributed by atoms with Crippen molar-refractivity contribution in [1.29, 1.82) is 0 Å². The maximum Gasteiger partial charge on any atom is 0.235 e. The van der Waals surface area contributed by atoms with Gasteiger partial charge in [-0.25, -0.2) is 0 Å². The third kappa shape index (κ3) is 2.08. The van der Waals surface area contributed by atoms with Gasteiger partial charge in [0.1, 0.15) is 0 Å². The molecule has 0 radical (unpaired) electrons. The third-order valence-electron chi connectivity index (χ3n) is 3.45. The molecule has 1 saturated carbocycles. The van der Waals surface area contributed by atoms with E-state index in [4.69, 9.17) is 0 Å². The summed E-state index contributed by atoms with van der Waals surface area (Å²) in [6.45, 7) is 11.8. The fourth-order valence-electron chi connectivity index (χ4n) is 2.44. The van der Waals surface area contributed by atoms with Gasteiger partial charge in [0.2, 0.25) is 5.91 Å². The van der Waals surface area contributed by atoms with E-state index in [0.717, 1.165) is 30.5 Å². The average Bonchev–Trinajstić information content (AvgIpc) is 2.55. The molecule has 17 heavy (non-hydrogen) atoms. The van der Waals surface area contributed by atoms with E-state index in [1.165, 1.54) is 5.57 Å². The van der Waals surface area contributed by atoms with Crippen LogP contribution in [0.5, 0.6) is 0 Å². The number of hydrogen-bond acceptors (Lipinski definition) is 1. The molecule has 0 bridgehead atoms. The van der Waals surface area contributed by atoms with Gasteiger partial charge in [-0.3, -0.25) is 4.79 Å². The van der Waals surface area contributed by atoms with Gasteiger partial charge in [-0.1, -0.05) is 44.6 Å². The molecule has 1 spiro atoms. The van der Waals surface area contributed by atoms with Crippen molar-refractivity contribution in [2.24, 2.45) is 5.41 Å². The number of allylic oxidation sites excluding steroid dienone is 4. The molecule has 1 saturated heterocycles. The molecular weight excluding hydrogens is 210 g/mol. The number of rotatable bonds is 1. The van der Waals surface area contributed by atoms with Crippen molar-refractivity contribution in [2.75, 3.05) is 0 Å². The first-order chi connectivity index (χ1) is 8.12. The average molecular weight is 233 g/mol. The number of nitrogens with one attached hydrogen (secondary N) is 1. The van der Waals surface area contributed by atoms with Gasteiger partial charge >= 0.3 is 0 Å². The number of amides is 1. The van der Waals surface area contributed by atoms with E-state index in [2.05, 4.69) is 11.9 Å². The van der Waals surface area contributed by atoms with Gasteiger partial charge in [-0.15, -0.1) is 0 Å². The lowest BCUT2D eigenvalue weighted by Gasteiger charge is -2.36. The van der Waals surface area contributed by atoms with Gasteiger partial charge in [-0.2, -0.15) is 0 Å². The highest BCUT2D eigenvalue weighted by Crippen LogP contribution is 2.53. The Morgan fingerprint density at radius 1 is 1.35 bits per heavy atom. The van der Waals surface area contributed by atoms with Crippen molar-refractivity contribution in [3.05, 3.63) is 35.6 Å². The minimum absolute atomic E-state index is 0.179. The van der Waals surface area contributed by atoms with Gasteiger partial charge in [0.05, 0.1) is 5.41 Å². The lowest BCUT2D eigenvalue weighted by atomic mass is 9.64. The van der Waals surface area contributed by atoms with Crippen molar-refractivity contribution < 1.29 is 4.79 Å². The monoisotopic (exact) mass is 233 g/mol. The van der Waals surface area contributed by atoms with Crippen LogP contribution in [0.25, 0.3) is 0 Å². The first kappa shape index (κ1) is 13.8. The van der Waals surface area contributed by atoms with Crippen LogP contribution in [0.2, 0.25) is 0 Å². The molecule has 2 heteroatoms. The van der Waals surface area contributed by atoms with Crippen molar-refractivity contribution in [3.63, 3.8) is 0 Å². The molecule has 1 heterocycles. The Morgan fingerprint density at radius 3 is 2.29 bits per heavy atom. The van der Waals surface area contributed by atoms with Crippen LogP contribution < -0.4 is 5.32 Å². The Hall–Kier alpha value is -1.31. The Balaban J connectivity index is 0.000000686. The molecule has 1 aliphatic carbocycles. The summed E-state index contributed by atoms with van der Waals surface area (Å²) in [5.74, 6) is 0.179. The van der Waals surface area contributed by atoms with E-state index in [1.54, 1.807) is 6.08 Å². The van der Waals surface area contributed by atoms with Gasteiger partial charge in [0.25, 0.3) is 0 Å². The molecule has 1 N–H and O–H groups in total. The zero-order valence-corrected chi connectivity index (χ0v) is 11.4. The zero-order chi connectivity index (χ0) is 13.1. The van der Waals surface area contributed by atoms with Crippen LogP contribution >= 0.6 is 0 Å². The molecule has 0 unspecified atom stereocenters. The fourth-order valence-corrected chi connectivity index (χ4v) is 2.44. The van der Waals surface area contributed by atoms with E-state index in [-0.39, 0.29) is 11.3 Å². The lowest BCUT2D eigenvalue weighted by molar-refractivity contribution is -0.129. The van der Waals surface area contributed by atoms with E-state index in [9.17, 15) is 4.79 Å². The lowest BCUT2D eigenvalue weighted by Crippen LogP contribution is -2.38. The summed E-state index contributed by atoms with van der Waals surface area (Å²) in [5.41, 5.74) is 3.11. The van der Waals surface area contributed by atoms with Crippen LogP contribution in [-0.4, -0.2) is 5.91 Å². The van der Waals surface area contributed by atoms with Crippen LogP contribution in [-0.2, 0) is 4.79 Å². The second kappa shape index (κ2) is 5.35. The second-order valence-corrected chi connectivity index (χ2v) is 4.58. The smallest absolute Gasteiger partial charge is 0.235 e. The first-order valence-electron chi connectivity index (χ1n) is 6.44. The summed E-state index contributed by atoms with van der Waals surface area (Å²) >= 11 is 0. The van der Waals surface area contributed by atoms with Gasteiger partial charge in [0, 0.05) is 5.70 Å². The minimum Gasteiger partial charge on any atom is -0.325 e. The molecule has 2 fully saturated rings. The molecule has 0 atom stereocenters. The van der Waals surface area contributed by atoms with Crippen LogP contribution in [0, 0.1) is 5.41 Å². The van der Waals surface area contributed by atoms with E-state index >= 15 is 0 Å². The highest BCUT2D eigenvalue weighted by atomic mass is 16.2. The van der Waals surface area contributed by atoms with Crippen LogP contribution in [0.1, 0.15) is 47.0 Å². The summed E-state index contributed by atoms with van der Waals surface area (Å²) < 4.78 is 0. The molecule has 2 aliphatic rings. The summed E-state index contributed by atoms with van der Waals surface area (Å²) in [6.07, 6.45) is 6.88. The van der Waals surface area contributed by atoms with Gasteiger partial charge in [-0.05, 0) is 32.3 Å². The topological polar surface area (TPSA) is 29.1 Å². The summed E-state index contributed by atoms with van der Waals surface area (Å²) in [7, 11) is 0. The van der Waals surface area contributed by atoms with Gasteiger partial charge < -0.3 is 5.32 Å². The standard InChI is InChI=1S/C13H17NO.C2H6/c1-4-6-10-11(9(2)3)14-12(15)13(10)7-5-8-13;1-2/h4,6H,1,5,7-8H2,2-3H3,(H,14,15);1-2H3/b10-6+;. The van der Waals surface area contributed by atoms with Crippen molar-refractivity contribution >= 4 is 5.91 Å². The fraction of sp³-hybridized carbons (Fsp3) is 0.533. The largest absolute Gasteiger partial charge is 0.325 e. The van der Waals surface area contributed by atoms with Crippen molar-refractivity contribution in [3.8, 4) is 0 Å². The summed E-state index contributed by atoms with van der Waals surface area (Å²) in [5, 5.41) is 3.01. The Kier molecular flexibility index (Phi) is 4.33. The van der Waals surface area contributed by atoms with Gasteiger partial charge in [0.15, 0.2) is 0 Å². The number of carbonyl (C=O) groups is 1. The molecule has 2 nitrogen and oxygen atoms in total. The normalized spacial score (nSPS) is 22.7. The highest BCUT2D eigenvalue weighted by Gasteiger charge is 2.52. The molecule has 1 amide bonds. The maximum atomic E-state index is 12.0. The maximum absolute atomic E-state index is 12.0. The Bertz CT molecular complexity index is 380. The van der Waals surface area contributed by atoms with Crippen LogP contribution in [0.3, 0.4) is 0 Å². The molecule has 0 aromatic rings. The van der Waals surface area contributed by atoms with E-state index in [0.29, 0.717) is 0 Å². The van der Waals surface area contributed by atoms with Crippen LogP contribution in [0.4, 0.5) is 0 Å². The van der Waals surface area contributed by atoms with E-state index in [1.807, 2.05) is 33.8 Å². The summed E-state index contributed by atoms with van der Waals surface area (Å²) in [6, 6.07) is 0. The molecular formula is C15H23NO. The molecule has 0 aromatic carbocycles. The predicted molar refractivity (Wildman–Crippen MR) is 72.4 cm³/mol. The Labute approximate surface area is 104 Å². The zero-order valence-electron chi connectivity index (χ0n) is 11.4. The molecule has 2 rings (SSSR count). The first-order valence-corrected chi connectivity index (χ1v) is 6.44. The molecule has 0 aromatic heterocycles. The minimum atomic E-state index is -0.221. The SMILES string of the molecule is C=C/C=C1\C(=C(C)C)NC(=O)C12CCC2.CC. The van der Waals surface area contributed by atoms with Crippen molar-refractivity contribution in [2.45, 2.75) is 47.0 Å². The predicted octanol–water partition coefficient (Wildman–Crippen LogP) is 3.72.